The van der Waals surface area contributed by atoms with Gasteiger partial charge < -0.3 is 14.8 Å². The van der Waals surface area contributed by atoms with E-state index in [1.807, 2.05) is 0 Å². The molecule has 162 valence electrons. The van der Waals surface area contributed by atoms with E-state index >= 15 is 0 Å². The van der Waals surface area contributed by atoms with Gasteiger partial charge in [-0.25, -0.2) is 14.6 Å². The van der Waals surface area contributed by atoms with E-state index < -0.39 is 34.3 Å². The minimum Gasteiger partial charge on any atom is -0.478 e. The Morgan fingerprint density at radius 2 is 1.77 bits per heavy atom. The van der Waals surface area contributed by atoms with Crippen LogP contribution in [0.3, 0.4) is 0 Å². The molecule has 0 bridgehead atoms. The molecule has 12 heteroatoms. The smallest absolute Gasteiger partial charge is 0.418 e. The molecule has 0 spiro atoms. The molecule has 2 aromatic carbocycles. The van der Waals surface area contributed by atoms with Gasteiger partial charge in [-0.15, -0.1) is 0 Å². The van der Waals surface area contributed by atoms with Gasteiger partial charge >= 0.3 is 18.1 Å². The first-order valence-electron chi connectivity index (χ1n) is 8.33. The van der Waals surface area contributed by atoms with E-state index in [0.29, 0.717) is 11.6 Å². The number of aromatic nitrogens is 2. The maximum Gasteiger partial charge on any atom is 0.418 e. The fraction of sp³-hybridized carbons (Fsp3) is 0.105. The van der Waals surface area contributed by atoms with Crippen LogP contribution in [0, 0.1) is 17.0 Å². The van der Waals surface area contributed by atoms with Crippen molar-refractivity contribution in [3.63, 3.8) is 0 Å². The molecular formula is C19H14F3N3O6. The quantitative estimate of drug-likeness (QED) is 0.461. The molecule has 9 nitrogen and oxygen atoms in total. The number of alkyl halides is 3. The molecular weight excluding hydrogens is 423 g/mol. The molecule has 2 N–H and O–H groups in total. The van der Waals surface area contributed by atoms with Crippen molar-refractivity contribution in [2.24, 2.45) is 0 Å². The van der Waals surface area contributed by atoms with Crippen LogP contribution in [0.4, 0.5) is 18.9 Å². The number of non-ortho nitro benzene ring substituents is 1. The number of benzene rings is 2. The SMILES string of the molecule is Cc1ccc(C(=O)O)cc1C(=O)O.O=[N+]([O-])c1ccc(-n2ccnc2)c(C(F)(F)F)c1. The molecule has 3 aromatic rings. The third-order valence-electron chi connectivity index (χ3n) is 3.99. The Morgan fingerprint density at radius 1 is 1.10 bits per heavy atom. The Bertz CT molecular complexity index is 1130. The number of hydrogen-bond acceptors (Lipinski definition) is 5. The van der Waals surface area contributed by atoms with Crippen LogP contribution in [-0.4, -0.2) is 36.6 Å². The van der Waals surface area contributed by atoms with E-state index in [1.54, 1.807) is 6.92 Å². The summed E-state index contributed by atoms with van der Waals surface area (Å²) in [6.45, 7) is 1.62. The van der Waals surface area contributed by atoms with E-state index in [1.165, 1.54) is 30.9 Å². The maximum atomic E-state index is 12.8. The van der Waals surface area contributed by atoms with Crippen LogP contribution >= 0.6 is 0 Å². The lowest BCUT2D eigenvalue weighted by atomic mass is 10.1. The van der Waals surface area contributed by atoms with Gasteiger partial charge in [-0.2, -0.15) is 13.2 Å². The highest BCUT2D eigenvalue weighted by molar-refractivity contribution is 5.94. The summed E-state index contributed by atoms with van der Waals surface area (Å²) in [7, 11) is 0. The van der Waals surface area contributed by atoms with Crippen molar-refractivity contribution < 1.29 is 37.9 Å². The summed E-state index contributed by atoms with van der Waals surface area (Å²) in [5.74, 6) is -2.23. The number of aromatic carboxylic acids is 2. The Labute approximate surface area is 172 Å². The maximum absolute atomic E-state index is 12.8. The van der Waals surface area contributed by atoms with Crippen LogP contribution in [0.25, 0.3) is 5.69 Å². The average Bonchev–Trinajstić information content (AvgIpc) is 3.22. The summed E-state index contributed by atoms with van der Waals surface area (Å²) in [5.41, 5.74) is -1.31. The van der Waals surface area contributed by atoms with E-state index in [4.69, 9.17) is 10.2 Å². The number of carbonyl (C=O) groups is 2. The topological polar surface area (TPSA) is 136 Å². The van der Waals surface area contributed by atoms with E-state index in [0.717, 1.165) is 22.8 Å². The predicted octanol–water partition coefficient (Wildman–Crippen LogP) is 4.19. The van der Waals surface area contributed by atoms with Crippen LogP contribution in [0.1, 0.15) is 31.8 Å². The van der Waals surface area contributed by atoms with E-state index in [9.17, 15) is 32.9 Å². The number of carboxylic acid groups (broad SMARTS) is 2. The monoisotopic (exact) mass is 437 g/mol. The lowest BCUT2D eigenvalue weighted by Gasteiger charge is -2.12. The van der Waals surface area contributed by atoms with Gasteiger partial charge in [0.2, 0.25) is 0 Å². The molecule has 0 aliphatic carbocycles. The number of nitrogens with zero attached hydrogens (tertiary/aromatic N) is 3. The number of carboxylic acids is 2. The van der Waals surface area contributed by atoms with Crippen molar-refractivity contribution in [2.75, 3.05) is 0 Å². The number of halogens is 3. The van der Waals surface area contributed by atoms with Gasteiger partial charge in [0.25, 0.3) is 5.69 Å². The number of aryl methyl sites for hydroxylation is 1. The zero-order chi connectivity index (χ0) is 23.3. The average molecular weight is 437 g/mol. The zero-order valence-electron chi connectivity index (χ0n) is 15.7. The molecule has 0 aliphatic rings. The third kappa shape index (κ3) is 5.65. The molecule has 0 fully saturated rings. The number of hydrogen-bond donors (Lipinski definition) is 2. The molecule has 1 aromatic heterocycles. The van der Waals surface area contributed by atoms with Crippen LogP contribution in [0.5, 0.6) is 0 Å². The van der Waals surface area contributed by atoms with E-state index in [-0.39, 0.29) is 16.8 Å². The van der Waals surface area contributed by atoms with Gasteiger partial charge in [0.1, 0.15) is 0 Å². The molecule has 0 unspecified atom stereocenters. The number of rotatable bonds is 4. The van der Waals surface area contributed by atoms with Crippen LogP contribution < -0.4 is 0 Å². The van der Waals surface area contributed by atoms with Crippen molar-refractivity contribution in [1.29, 1.82) is 0 Å². The molecule has 0 atom stereocenters. The predicted molar refractivity (Wildman–Crippen MR) is 100 cm³/mol. The van der Waals surface area contributed by atoms with Gasteiger partial charge in [-0.1, -0.05) is 6.07 Å². The standard InChI is InChI=1S/C10H6F3N3O2.C9H8O4/c11-10(12,13)8-5-7(16(17)18)1-2-9(8)15-4-3-14-6-15;1-5-2-3-6(8(10)11)4-7(5)9(12)13/h1-6H;2-4H,1H3,(H,10,11)(H,12,13). The minimum absolute atomic E-state index is 0.0111. The Hall–Kier alpha value is -4.22. The van der Waals surface area contributed by atoms with Gasteiger partial charge in [-0.3, -0.25) is 10.1 Å². The van der Waals surface area contributed by atoms with Crippen molar-refractivity contribution in [1.82, 2.24) is 9.55 Å². The van der Waals surface area contributed by atoms with Crippen molar-refractivity contribution in [3.05, 3.63) is 87.5 Å². The molecule has 0 saturated carbocycles. The molecule has 0 radical (unpaired) electrons. The number of nitro groups is 1. The molecule has 0 aliphatic heterocycles. The first kappa shape index (κ1) is 23.1. The first-order chi connectivity index (χ1) is 14.4. The summed E-state index contributed by atoms with van der Waals surface area (Å²) in [6.07, 6.45) is -0.833. The Kier molecular flexibility index (Phi) is 6.75. The van der Waals surface area contributed by atoms with Gasteiger partial charge in [0, 0.05) is 24.5 Å². The normalized spacial score (nSPS) is 10.7. The summed E-state index contributed by atoms with van der Waals surface area (Å²) in [4.78, 5) is 34.4. The van der Waals surface area contributed by atoms with Crippen molar-refractivity contribution in [3.8, 4) is 5.69 Å². The molecule has 31 heavy (non-hydrogen) atoms. The Balaban J connectivity index is 0.000000233. The van der Waals surface area contributed by atoms with Crippen LogP contribution in [0.2, 0.25) is 0 Å². The molecule has 0 amide bonds. The number of nitro benzene ring substituents is 1. The summed E-state index contributed by atoms with van der Waals surface area (Å²) in [6, 6.07) is 6.58. The third-order valence-corrected chi connectivity index (χ3v) is 3.99. The van der Waals surface area contributed by atoms with Gasteiger partial charge in [0.05, 0.1) is 33.6 Å². The summed E-state index contributed by atoms with van der Waals surface area (Å²) in [5, 5.41) is 27.8. The van der Waals surface area contributed by atoms with Gasteiger partial charge in [-0.05, 0) is 30.7 Å². The molecule has 0 saturated heterocycles. The summed E-state index contributed by atoms with van der Waals surface area (Å²) >= 11 is 0. The molecule has 1 heterocycles. The van der Waals surface area contributed by atoms with Crippen molar-refractivity contribution in [2.45, 2.75) is 13.1 Å². The summed E-state index contributed by atoms with van der Waals surface area (Å²) < 4.78 is 39.6. The first-order valence-corrected chi connectivity index (χ1v) is 8.33. The second-order valence-corrected chi connectivity index (χ2v) is 6.07. The number of imidazole rings is 1. The fourth-order valence-electron chi connectivity index (χ4n) is 2.48. The zero-order valence-corrected chi connectivity index (χ0v) is 15.7. The lowest BCUT2D eigenvalue weighted by molar-refractivity contribution is -0.385. The Morgan fingerprint density at radius 3 is 2.26 bits per heavy atom. The second kappa shape index (κ2) is 9.07. The van der Waals surface area contributed by atoms with Crippen LogP contribution in [-0.2, 0) is 6.18 Å². The highest BCUT2D eigenvalue weighted by Crippen LogP contribution is 2.35. The second-order valence-electron chi connectivity index (χ2n) is 6.07. The minimum atomic E-state index is -4.67. The fourth-order valence-corrected chi connectivity index (χ4v) is 2.48. The lowest BCUT2D eigenvalue weighted by Crippen LogP contribution is -2.10. The van der Waals surface area contributed by atoms with Crippen LogP contribution in [0.15, 0.2) is 55.1 Å². The largest absolute Gasteiger partial charge is 0.478 e. The highest BCUT2D eigenvalue weighted by atomic mass is 19.4. The molecule has 3 rings (SSSR count). The highest BCUT2D eigenvalue weighted by Gasteiger charge is 2.35. The van der Waals surface area contributed by atoms with Gasteiger partial charge in [0.15, 0.2) is 0 Å². The van der Waals surface area contributed by atoms with E-state index in [2.05, 4.69) is 4.98 Å². The van der Waals surface area contributed by atoms with Crippen molar-refractivity contribution >= 4 is 17.6 Å².